The maximum absolute atomic E-state index is 13.3. The van der Waals surface area contributed by atoms with Crippen molar-refractivity contribution in [2.24, 2.45) is 0 Å². The van der Waals surface area contributed by atoms with Crippen LogP contribution >= 0.6 is 11.6 Å². The molecule has 4 rings (SSSR count). The summed E-state index contributed by atoms with van der Waals surface area (Å²) in [7, 11) is 0. The molecule has 3 aromatic rings. The number of aromatic nitrogens is 2. The van der Waals surface area contributed by atoms with Gasteiger partial charge in [0, 0.05) is 31.7 Å². The van der Waals surface area contributed by atoms with Gasteiger partial charge in [-0.2, -0.15) is 5.10 Å². The van der Waals surface area contributed by atoms with Gasteiger partial charge < -0.3 is 19.3 Å². The lowest BCUT2D eigenvalue weighted by molar-refractivity contribution is 0.0747. The van der Waals surface area contributed by atoms with Crippen LogP contribution in [-0.2, 0) is 0 Å². The number of piperazine rings is 1. The molecule has 1 aliphatic heterocycles. The van der Waals surface area contributed by atoms with Crippen LogP contribution in [0.15, 0.2) is 48.7 Å². The van der Waals surface area contributed by atoms with Crippen molar-refractivity contribution >= 4 is 23.2 Å². The molecule has 0 atom stereocenters. The summed E-state index contributed by atoms with van der Waals surface area (Å²) in [6, 6.07) is 13.5. The Bertz CT molecular complexity index is 1080. The van der Waals surface area contributed by atoms with Crippen LogP contribution in [0, 0.1) is 0 Å². The van der Waals surface area contributed by atoms with E-state index in [9.17, 15) is 4.79 Å². The van der Waals surface area contributed by atoms with Gasteiger partial charge in [0.1, 0.15) is 11.5 Å². The number of halogens is 1. The molecule has 1 aromatic heterocycles. The number of carbonyl (C=O) groups is 1. The Morgan fingerprint density at radius 2 is 1.75 bits per heavy atom. The van der Waals surface area contributed by atoms with E-state index in [2.05, 4.69) is 21.2 Å². The highest BCUT2D eigenvalue weighted by atomic mass is 35.5. The van der Waals surface area contributed by atoms with Crippen LogP contribution in [0.5, 0.6) is 11.5 Å². The van der Waals surface area contributed by atoms with Crippen LogP contribution in [-0.4, -0.2) is 60.4 Å². The van der Waals surface area contributed by atoms with Crippen LogP contribution in [0.1, 0.15) is 24.2 Å². The Morgan fingerprint density at radius 1 is 1.03 bits per heavy atom. The molecule has 1 fully saturated rings. The molecule has 0 unspecified atom stereocenters. The van der Waals surface area contributed by atoms with Gasteiger partial charge in [0.15, 0.2) is 0 Å². The second kappa shape index (κ2) is 9.96. The van der Waals surface area contributed by atoms with Gasteiger partial charge in [-0.05, 0) is 44.2 Å². The smallest absolute Gasteiger partial charge is 0.257 e. The van der Waals surface area contributed by atoms with Crippen molar-refractivity contribution in [3.8, 4) is 22.8 Å². The molecular weight excluding hydrogens is 428 g/mol. The second-order valence-corrected chi connectivity index (χ2v) is 7.82. The Balaban J connectivity index is 1.47. The highest BCUT2D eigenvalue weighted by Crippen LogP contribution is 2.32. The topological polar surface area (TPSA) is 70.7 Å². The molecule has 1 saturated heterocycles. The minimum atomic E-state index is -0.0449. The molecule has 1 amide bonds. The van der Waals surface area contributed by atoms with Crippen LogP contribution in [0.2, 0.25) is 5.02 Å². The van der Waals surface area contributed by atoms with Crippen LogP contribution in [0.4, 0.5) is 5.69 Å². The quantitative estimate of drug-likeness (QED) is 0.569. The number of carbonyl (C=O) groups excluding carboxylic acids is 1. The number of anilines is 1. The summed E-state index contributed by atoms with van der Waals surface area (Å²) < 4.78 is 11.3. The van der Waals surface area contributed by atoms with Gasteiger partial charge in [-0.15, -0.1) is 0 Å². The van der Waals surface area contributed by atoms with Crippen molar-refractivity contribution in [2.45, 2.75) is 13.8 Å². The first-order chi connectivity index (χ1) is 15.6. The van der Waals surface area contributed by atoms with Gasteiger partial charge in [-0.1, -0.05) is 23.7 Å². The van der Waals surface area contributed by atoms with E-state index in [1.165, 1.54) is 0 Å². The Hall–Kier alpha value is -3.19. The van der Waals surface area contributed by atoms with Crippen molar-refractivity contribution in [2.75, 3.05) is 44.3 Å². The van der Waals surface area contributed by atoms with Gasteiger partial charge in [0.25, 0.3) is 5.91 Å². The molecule has 0 aliphatic carbocycles. The summed E-state index contributed by atoms with van der Waals surface area (Å²) in [5, 5.41) is 7.58. The molecule has 32 heavy (non-hydrogen) atoms. The first-order valence-electron chi connectivity index (χ1n) is 10.8. The zero-order valence-corrected chi connectivity index (χ0v) is 19.1. The van der Waals surface area contributed by atoms with Crippen molar-refractivity contribution in [3.05, 3.63) is 59.2 Å². The van der Waals surface area contributed by atoms with E-state index in [4.69, 9.17) is 21.1 Å². The summed E-state index contributed by atoms with van der Waals surface area (Å²) in [5.41, 5.74) is 3.05. The fraction of sp³-hybridized carbons (Fsp3) is 0.333. The van der Waals surface area contributed by atoms with E-state index >= 15 is 0 Å². The first kappa shape index (κ1) is 22.0. The molecule has 1 aliphatic rings. The number of hydrogen-bond acceptors (Lipinski definition) is 5. The fourth-order valence-corrected chi connectivity index (χ4v) is 4.15. The zero-order chi connectivity index (χ0) is 22.5. The summed E-state index contributed by atoms with van der Waals surface area (Å²) in [5.74, 6) is 1.45. The lowest BCUT2D eigenvalue weighted by atomic mass is 10.1. The van der Waals surface area contributed by atoms with Crippen molar-refractivity contribution in [3.63, 3.8) is 0 Å². The number of nitrogens with one attached hydrogen (secondary N) is 1. The molecule has 0 spiro atoms. The fourth-order valence-electron chi connectivity index (χ4n) is 3.91. The third kappa shape index (κ3) is 4.53. The molecule has 2 heterocycles. The number of amides is 1. The van der Waals surface area contributed by atoms with Gasteiger partial charge in [-0.3, -0.25) is 9.89 Å². The third-order valence-corrected chi connectivity index (χ3v) is 5.76. The lowest BCUT2D eigenvalue weighted by Crippen LogP contribution is -2.49. The Morgan fingerprint density at radius 3 is 2.47 bits per heavy atom. The molecule has 0 bridgehead atoms. The standard InChI is InChI=1S/C24H27ClN4O3/c1-3-31-21-10-9-17(15-19(21)25)23-18(16-26-27-23)24(30)29-13-11-28(12-14-29)20-7-5-6-8-22(20)32-4-2/h5-10,15-16H,3-4,11-14H2,1-2H3,(H,26,27). The van der Waals surface area contributed by atoms with E-state index in [1.54, 1.807) is 12.3 Å². The van der Waals surface area contributed by atoms with Crippen LogP contribution < -0.4 is 14.4 Å². The average molecular weight is 455 g/mol. The first-order valence-corrected chi connectivity index (χ1v) is 11.2. The van der Waals surface area contributed by atoms with E-state index in [-0.39, 0.29) is 5.91 Å². The zero-order valence-electron chi connectivity index (χ0n) is 18.3. The molecule has 1 N–H and O–H groups in total. The molecule has 2 aromatic carbocycles. The Kier molecular flexibility index (Phi) is 6.85. The van der Waals surface area contributed by atoms with E-state index in [0.717, 1.165) is 30.1 Å². The molecular formula is C24H27ClN4O3. The minimum absolute atomic E-state index is 0.0449. The molecule has 0 radical (unpaired) electrons. The largest absolute Gasteiger partial charge is 0.492 e. The number of H-pyrrole nitrogens is 1. The molecule has 8 heteroatoms. The van der Waals surface area contributed by atoms with E-state index in [0.29, 0.717) is 48.3 Å². The van der Waals surface area contributed by atoms with Crippen LogP contribution in [0.3, 0.4) is 0 Å². The maximum atomic E-state index is 13.3. The third-order valence-electron chi connectivity index (χ3n) is 5.46. The van der Waals surface area contributed by atoms with E-state index < -0.39 is 0 Å². The summed E-state index contributed by atoms with van der Waals surface area (Å²) in [6.45, 7) is 7.75. The maximum Gasteiger partial charge on any atom is 0.257 e. The summed E-state index contributed by atoms with van der Waals surface area (Å²) >= 11 is 6.34. The highest BCUT2D eigenvalue weighted by molar-refractivity contribution is 6.32. The van der Waals surface area contributed by atoms with Crippen molar-refractivity contribution < 1.29 is 14.3 Å². The molecule has 168 valence electrons. The number of nitrogens with zero attached hydrogens (tertiary/aromatic N) is 3. The Labute approximate surface area is 192 Å². The highest BCUT2D eigenvalue weighted by Gasteiger charge is 2.26. The minimum Gasteiger partial charge on any atom is -0.492 e. The van der Waals surface area contributed by atoms with Crippen molar-refractivity contribution in [1.82, 2.24) is 15.1 Å². The number of hydrogen-bond donors (Lipinski definition) is 1. The predicted molar refractivity (Wildman–Crippen MR) is 126 cm³/mol. The van der Waals surface area contributed by atoms with Gasteiger partial charge in [-0.25, -0.2) is 0 Å². The van der Waals surface area contributed by atoms with Gasteiger partial charge in [0.2, 0.25) is 0 Å². The number of ether oxygens (including phenoxy) is 2. The number of rotatable bonds is 7. The number of aromatic amines is 1. The SMILES string of the molecule is CCOc1ccc(-c2[nH]ncc2C(=O)N2CCN(c3ccccc3OCC)CC2)cc1Cl. The van der Waals surface area contributed by atoms with Gasteiger partial charge in [0.05, 0.1) is 41.4 Å². The normalized spacial score (nSPS) is 13.8. The van der Waals surface area contributed by atoms with Gasteiger partial charge >= 0.3 is 0 Å². The lowest BCUT2D eigenvalue weighted by Gasteiger charge is -2.36. The number of para-hydroxylation sites is 2. The van der Waals surface area contributed by atoms with Crippen molar-refractivity contribution in [1.29, 1.82) is 0 Å². The summed E-state index contributed by atoms with van der Waals surface area (Å²) in [6.07, 6.45) is 1.58. The molecule has 7 nitrogen and oxygen atoms in total. The number of benzene rings is 2. The predicted octanol–water partition coefficient (Wildman–Crippen LogP) is 4.49. The second-order valence-electron chi connectivity index (χ2n) is 7.42. The van der Waals surface area contributed by atoms with E-state index in [1.807, 2.05) is 49.1 Å². The molecule has 0 saturated carbocycles. The van der Waals surface area contributed by atoms with Crippen LogP contribution in [0.25, 0.3) is 11.3 Å². The summed E-state index contributed by atoms with van der Waals surface area (Å²) in [4.78, 5) is 17.4. The monoisotopic (exact) mass is 454 g/mol. The average Bonchev–Trinajstić information content (AvgIpc) is 3.31.